The van der Waals surface area contributed by atoms with Crippen molar-refractivity contribution in [3.05, 3.63) is 53.6 Å². The first-order valence-electron chi connectivity index (χ1n) is 10.4. The van der Waals surface area contributed by atoms with Crippen LogP contribution in [0.1, 0.15) is 37.8 Å². The van der Waals surface area contributed by atoms with E-state index in [2.05, 4.69) is 25.5 Å². The second-order valence-corrected chi connectivity index (χ2v) is 8.31. The summed E-state index contributed by atoms with van der Waals surface area (Å²) in [5.74, 6) is 1.27. The third-order valence-corrected chi connectivity index (χ3v) is 5.93. The molecule has 1 saturated carbocycles. The van der Waals surface area contributed by atoms with Crippen molar-refractivity contribution < 1.29 is 4.79 Å². The number of nitrogens with one attached hydrogen (secondary N) is 1. The molecule has 3 aromatic heterocycles. The van der Waals surface area contributed by atoms with Gasteiger partial charge in [0.2, 0.25) is 5.91 Å². The van der Waals surface area contributed by atoms with E-state index >= 15 is 0 Å². The standard InChI is InChI=1S/C22H22ClN7O/c1-14-11-19(27-22(31)15-5-3-2-4-6-15)30(28-14)21-18-12-26-29(20(18)24-13-25-21)17-9-7-16(23)8-10-17/h7-13,15H,2-6H2,1H3,(H,27,31). The summed E-state index contributed by atoms with van der Waals surface area (Å²) in [7, 11) is 0. The van der Waals surface area contributed by atoms with Crippen LogP contribution in [0.5, 0.6) is 0 Å². The molecular weight excluding hydrogens is 414 g/mol. The van der Waals surface area contributed by atoms with Gasteiger partial charge in [0.25, 0.3) is 0 Å². The van der Waals surface area contributed by atoms with Crippen molar-refractivity contribution in [2.75, 3.05) is 5.32 Å². The molecule has 0 bridgehead atoms. The highest BCUT2D eigenvalue weighted by molar-refractivity contribution is 6.30. The minimum atomic E-state index is 0.0445. The Balaban J connectivity index is 1.53. The van der Waals surface area contributed by atoms with Crippen LogP contribution in [0.25, 0.3) is 22.5 Å². The van der Waals surface area contributed by atoms with E-state index in [1.165, 1.54) is 12.7 Å². The molecule has 4 aromatic rings. The highest BCUT2D eigenvalue weighted by atomic mass is 35.5. The molecule has 1 aliphatic rings. The molecule has 1 aliphatic carbocycles. The molecule has 0 atom stereocenters. The summed E-state index contributed by atoms with van der Waals surface area (Å²) in [5.41, 5.74) is 2.27. The van der Waals surface area contributed by atoms with Crippen LogP contribution in [0.4, 0.5) is 5.82 Å². The summed E-state index contributed by atoms with van der Waals surface area (Å²) in [6.45, 7) is 1.89. The normalized spacial score (nSPS) is 14.8. The molecule has 0 spiro atoms. The molecule has 0 aliphatic heterocycles. The molecular formula is C22H22ClN7O. The molecule has 3 heterocycles. The van der Waals surface area contributed by atoms with Crippen molar-refractivity contribution in [2.24, 2.45) is 5.92 Å². The number of benzene rings is 1. The van der Waals surface area contributed by atoms with Gasteiger partial charge in [0, 0.05) is 17.0 Å². The van der Waals surface area contributed by atoms with Gasteiger partial charge < -0.3 is 5.32 Å². The van der Waals surface area contributed by atoms with Crippen LogP contribution < -0.4 is 5.32 Å². The van der Waals surface area contributed by atoms with Crippen LogP contribution in [0, 0.1) is 12.8 Å². The Kier molecular flexibility index (Phi) is 5.15. The number of hydrogen-bond donors (Lipinski definition) is 1. The summed E-state index contributed by atoms with van der Waals surface area (Å²) in [6.07, 6.45) is 8.48. The lowest BCUT2D eigenvalue weighted by Gasteiger charge is -2.20. The number of hydrogen-bond acceptors (Lipinski definition) is 5. The van der Waals surface area contributed by atoms with E-state index in [0.717, 1.165) is 42.5 Å². The smallest absolute Gasteiger partial charge is 0.228 e. The summed E-state index contributed by atoms with van der Waals surface area (Å²) in [4.78, 5) is 21.7. The Morgan fingerprint density at radius 1 is 1.10 bits per heavy atom. The third kappa shape index (κ3) is 3.79. The molecule has 5 rings (SSSR count). The fourth-order valence-electron chi connectivity index (χ4n) is 4.11. The lowest BCUT2D eigenvalue weighted by Crippen LogP contribution is -2.26. The minimum Gasteiger partial charge on any atom is -0.310 e. The van der Waals surface area contributed by atoms with Gasteiger partial charge in [0.05, 0.1) is 23.0 Å². The van der Waals surface area contributed by atoms with Crippen LogP contribution >= 0.6 is 11.6 Å². The van der Waals surface area contributed by atoms with Gasteiger partial charge in [-0.1, -0.05) is 30.9 Å². The van der Waals surface area contributed by atoms with Gasteiger partial charge in [-0.25, -0.2) is 14.6 Å². The summed E-state index contributed by atoms with van der Waals surface area (Å²) in [5, 5.41) is 13.5. The van der Waals surface area contributed by atoms with Gasteiger partial charge in [-0.2, -0.15) is 14.9 Å². The predicted octanol–water partition coefficient (Wildman–Crippen LogP) is 4.48. The zero-order valence-corrected chi connectivity index (χ0v) is 17.9. The van der Waals surface area contributed by atoms with Crippen molar-refractivity contribution >= 4 is 34.4 Å². The Labute approximate surface area is 184 Å². The Hall–Kier alpha value is -3.26. The van der Waals surface area contributed by atoms with Crippen molar-refractivity contribution in [1.29, 1.82) is 0 Å². The molecule has 0 radical (unpaired) electrons. The van der Waals surface area contributed by atoms with E-state index in [1.54, 1.807) is 15.6 Å². The van der Waals surface area contributed by atoms with Gasteiger partial charge >= 0.3 is 0 Å². The van der Waals surface area contributed by atoms with E-state index in [4.69, 9.17) is 11.6 Å². The molecule has 1 fully saturated rings. The highest BCUT2D eigenvalue weighted by Gasteiger charge is 2.23. The number of anilines is 1. The van der Waals surface area contributed by atoms with Crippen LogP contribution in [-0.4, -0.2) is 35.4 Å². The second kappa shape index (κ2) is 8.11. The summed E-state index contributed by atoms with van der Waals surface area (Å²) < 4.78 is 3.39. The number of aryl methyl sites for hydroxylation is 1. The number of halogens is 1. The maximum atomic E-state index is 12.8. The predicted molar refractivity (Wildman–Crippen MR) is 119 cm³/mol. The molecule has 9 heteroatoms. The third-order valence-electron chi connectivity index (χ3n) is 5.68. The second-order valence-electron chi connectivity index (χ2n) is 7.87. The molecule has 1 N–H and O–H groups in total. The average Bonchev–Trinajstić information content (AvgIpc) is 3.38. The lowest BCUT2D eigenvalue weighted by molar-refractivity contribution is -0.120. The lowest BCUT2D eigenvalue weighted by atomic mass is 9.89. The number of carbonyl (C=O) groups excluding carboxylic acids is 1. The first-order valence-corrected chi connectivity index (χ1v) is 10.8. The van der Waals surface area contributed by atoms with Crippen molar-refractivity contribution in [1.82, 2.24) is 29.5 Å². The number of amides is 1. The molecule has 0 unspecified atom stereocenters. The monoisotopic (exact) mass is 435 g/mol. The fourth-order valence-corrected chi connectivity index (χ4v) is 4.24. The Morgan fingerprint density at radius 3 is 2.65 bits per heavy atom. The van der Waals surface area contributed by atoms with Gasteiger partial charge in [0.1, 0.15) is 12.1 Å². The molecule has 31 heavy (non-hydrogen) atoms. The minimum absolute atomic E-state index is 0.0445. The van der Waals surface area contributed by atoms with Gasteiger partial charge in [-0.15, -0.1) is 0 Å². The van der Waals surface area contributed by atoms with Gasteiger partial charge in [-0.3, -0.25) is 4.79 Å². The SMILES string of the molecule is Cc1cc(NC(=O)C2CCCCC2)n(-c2ncnc3c2cnn3-c2ccc(Cl)cc2)n1. The zero-order valence-electron chi connectivity index (χ0n) is 17.1. The molecule has 1 amide bonds. The van der Waals surface area contributed by atoms with Crippen LogP contribution in [0.2, 0.25) is 5.02 Å². The molecule has 8 nitrogen and oxygen atoms in total. The number of aromatic nitrogens is 6. The average molecular weight is 436 g/mol. The van der Waals surface area contributed by atoms with Crippen molar-refractivity contribution in [3.8, 4) is 11.5 Å². The van der Waals surface area contributed by atoms with Gasteiger partial charge in [-0.05, 0) is 44.0 Å². The fraction of sp³-hybridized carbons (Fsp3) is 0.318. The summed E-state index contributed by atoms with van der Waals surface area (Å²) >= 11 is 6.01. The topological polar surface area (TPSA) is 90.5 Å². The van der Waals surface area contributed by atoms with Crippen LogP contribution in [0.3, 0.4) is 0 Å². The number of carbonyl (C=O) groups is 1. The van der Waals surface area contributed by atoms with E-state index in [-0.39, 0.29) is 11.8 Å². The largest absolute Gasteiger partial charge is 0.310 e. The van der Waals surface area contributed by atoms with E-state index in [0.29, 0.717) is 22.3 Å². The van der Waals surface area contributed by atoms with E-state index in [1.807, 2.05) is 37.3 Å². The van der Waals surface area contributed by atoms with Crippen LogP contribution in [-0.2, 0) is 4.79 Å². The Bertz CT molecular complexity index is 1240. The first kappa shape index (κ1) is 19.7. The molecule has 158 valence electrons. The van der Waals surface area contributed by atoms with Gasteiger partial charge in [0.15, 0.2) is 11.5 Å². The van der Waals surface area contributed by atoms with Crippen molar-refractivity contribution in [3.63, 3.8) is 0 Å². The first-order chi connectivity index (χ1) is 15.1. The highest BCUT2D eigenvalue weighted by Crippen LogP contribution is 2.27. The summed E-state index contributed by atoms with van der Waals surface area (Å²) in [6, 6.07) is 9.23. The van der Waals surface area contributed by atoms with E-state index < -0.39 is 0 Å². The maximum Gasteiger partial charge on any atom is 0.228 e. The number of fused-ring (bicyclic) bond motifs is 1. The number of rotatable bonds is 4. The maximum absolute atomic E-state index is 12.8. The molecule has 1 aromatic carbocycles. The number of nitrogens with zero attached hydrogens (tertiary/aromatic N) is 6. The zero-order chi connectivity index (χ0) is 21.4. The van der Waals surface area contributed by atoms with Crippen molar-refractivity contribution in [2.45, 2.75) is 39.0 Å². The Morgan fingerprint density at radius 2 is 1.87 bits per heavy atom. The quantitative estimate of drug-likeness (QED) is 0.510. The molecule has 0 saturated heterocycles. The van der Waals surface area contributed by atoms with E-state index in [9.17, 15) is 4.79 Å². The van der Waals surface area contributed by atoms with Crippen LogP contribution in [0.15, 0.2) is 42.9 Å².